The van der Waals surface area contributed by atoms with Gasteiger partial charge in [-0.2, -0.15) is 0 Å². The zero-order valence-electron chi connectivity index (χ0n) is 17.8. The first-order valence-corrected chi connectivity index (χ1v) is 10.7. The maximum atomic E-state index is 13.2. The summed E-state index contributed by atoms with van der Waals surface area (Å²) < 4.78 is 11.7. The molecule has 162 valence electrons. The van der Waals surface area contributed by atoms with Crippen LogP contribution in [0.25, 0.3) is 0 Å². The Hall–Kier alpha value is -3.35. The van der Waals surface area contributed by atoms with Gasteiger partial charge in [-0.15, -0.1) is 0 Å². The van der Waals surface area contributed by atoms with E-state index in [0.717, 1.165) is 12.8 Å². The highest BCUT2D eigenvalue weighted by Gasteiger charge is 2.36. The molecule has 0 radical (unpaired) electrons. The lowest BCUT2D eigenvalue weighted by molar-refractivity contribution is 0.0475. The van der Waals surface area contributed by atoms with E-state index in [0.29, 0.717) is 54.4 Å². The number of fused-ring (bicyclic) bond motifs is 2. The highest BCUT2D eigenvalue weighted by atomic mass is 16.6. The number of ether oxygens (including phenoxy) is 2. The monoisotopic (exact) mass is 422 g/mol. The van der Waals surface area contributed by atoms with E-state index in [1.54, 1.807) is 23.1 Å². The molecule has 2 aliphatic heterocycles. The average Bonchev–Trinajstić information content (AvgIpc) is 3.04. The summed E-state index contributed by atoms with van der Waals surface area (Å²) in [6.45, 7) is 5.49. The van der Waals surface area contributed by atoms with E-state index in [9.17, 15) is 14.4 Å². The number of hydrogen-bond donors (Lipinski definition) is 0. The van der Waals surface area contributed by atoms with E-state index in [4.69, 9.17) is 9.47 Å². The molecular formula is C24H26N2O5. The summed E-state index contributed by atoms with van der Waals surface area (Å²) >= 11 is 0. The number of benzene rings is 2. The molecule has 1 unspecified atom stereocenters. The topological polar surface area (TPSA) is 76.2 Å². The lowest BCUT2D eigenvalue weighted by Gasteiger charge is -2.31. The fourth-order valence-electron chi connectivity index (χ4n) is 3.88. The fourth-order valence-corrected chi connectivity index (χ4v) is 3.88. The normalized spacial score (nSPS) is 17.0. The van der Waals surface area contributed by atoms with Crippen LogP contribution in [0.2, 0.25) is 0 Å². The van der Waals surface area contributed by atoms with Crippen molar-refractivity contribution in [3.05, 3.63) is 59.2 Å². The highest BCUT2D eigenvalue weighted by Crippen LogP contribution is 2.31. The zero-order valence-corrected chi connectivity index (χ0v) is 17.8. The number of amides is 3. The van der Waals surface area contributed by atoms with E-state index >= 15 is 0 Å². The molecule has 0 aromatic heterocycles. The summed E-state index contributed by atoms with van der Waals surface area (Å²) in [5, 5.41) is 0. The first-order valence-electron chi connectivity index (χ1n) is 10.7. The first-order chi connectivity index (χ1) is 15.0. The van der Waals surface area contributed by atoms with Crippen molar-refractivity contribution in [1.29, 1.82) is 0 Å². The summed E-state index contributed by atoms with van der Waals surface area (Å²) in [7, 11) is 0. The molecule has 2 aliphatic rings. The van der Waals surface area contributed by atoms with Crippen LogP contribution in [0.3, 0.4) is 0 Å². The van der Waals surface area contributed by atoms with Crippen molar-refractivity contribution >= 4 is 17.7 Å². The number of imide groups is 1. The molecule has 0 fully saturated rings. The number of likely N-dealkylation sites (N-methyl/N-ethyl adjacent to an activating group) is 1. The van der Waals surface area contributed by atoms with E-state index in [1.165, 1.54) is 4.90 Å². The summed E-state index contributed by atoms with van der Waals surface area (Å²) in [6, 6.07) is 12.2. The van der Waals surface area contributed by atoms with Gasteiger partial charge in [0.15, 0.2) is 17.6 Å². The molecule has 0 saturated carbocycles. The van der Waals surface area contributed by atoms with E-state index in [1.807, 2.05) is 38.1 Å². The Labute approximate surface area is 181 Å². The van der Waals surface area contributed by atoms with Crippen molar-refractivity contribution in [2.24, 2.45) is 0 Å². The van der Waals surface area contributed by atoms with Gasteiger partial charge >= 0.3 is 0 Å². The van der Waals surface area contributed by atoms with Crippen molar-refractivity contribution in [3.63, 3.8) is 0 Å². The SMILES string of the molecule is CCCCN1C(=O)c2ccc(C(=O)N(CC)CC3COc4ccccc4O3)cc2C1=O. The molecule has 3 amide bonds. The average molecular weight is 422 g/mol. The second kappa shape index (κ2) is 8.79. The van der Waals surface area contributed by atoms with Crippen molar-refractivity contribution in [2.45, 2.75) is 32.8 Å². The summed E-state index contributed by atoms with van der Waals surface area (Å²) in [6.07, 6.45) is 1.36. The Balaban J connectivity index is 1.49. The third-order valence-electron chi connectivity index (χ3n) is 5.61. The Morgan fingerprint density at radius 3 is 2.55 bits per heavy atom. The molecule has 2 aromatic carbocycles. The fraction of sp³-hybridized carbons (Fsp3) is 0.375. The molecule has 0 aliphatic carbocycles. The van der Waals surface area contributed by atoms with Crippen LogP contribution in [-0.2, 0) is 0 Å². The summed E-state index contributed by atoms with van der Waals surface area (Å²) in [5.74, 6) is 0.539. The Morgan fingerprint density at radius 2 is 1.81 bits per heavy atom. The standard InChI is InChI=1S/C24H26N2O5/c1-3-5-12-26-23(28)18-11-10-16(13-19(18)24(26)29)22(27)25(4-2)14-17-15-30-20-8-6-7-9-21(20)31-17/h6-11,13,17H,3-5,12,14-15H2,1-2H3. The van der Waals surface area contributed by atoms with Crippen LogP contribution in [-0.4, -0.2) is 59.9 Å². The predicted octanol–water partition coefficient (Wildman–Crippen LogP) is 3.38. The van der Waals surface area contributed by atoms with Crippen LogP contribution in [0, 0.1) is 0 Å². The number of para-hydroxylation sites is 2. The van der Waals surface area contributed by atoms with Crippen LogP contribution in [0.4, 0.5) is 0 Å². The molecule has 31 heavy (non-hydrogen) atoms. The van der Waals surface area contributed by atoms with Gasteiger partial charge in [-0.1, -0.05) is 25.5 Å². The van der Waals surface area contributed by atoms with Gasteiger partial charge in [0.2, 0.25) is 0 Å². The molecule has 0 bridgehead atoms. The van der Waals surface area contributed by atoms with Crippen LogP contribution < -0.4 is 9.47 Å². The first kappa shape index (κ1) is 20.9. The molecule has 7 heteroatoms. The second-order valence-corrected chi connectivity index (χ2v) is 7.72. The van der Waals surface area contributed by atoms with Crippen LogP contribution in [0.1, 0.15) is 57.8 Å². The van der Waals surface area contributed by atoms with Crippen LogP contribution in [0.15, 0.2) is 42.5 Å². The lowest BCUT2D eigenvalue weighted by atomic mass is 10.0. The molecule has 0 saturated heterocycles. The molecule has 4 rings (SSSR count). The van der Waals surface area contributed by atoms with Crippen molar-refractivity contribution in [2.75, 3.05) is 26.2 Å². The van der Waals surface area contributed by atoms with E-state index < -0.39 is 0 Å². The van der Waals surface area contributed by atoms with Crippen LogP contribution in [0.5, 0.6) is 11.5 Å². The second-order valence-electron chi connectivity index (χ2n) is 7.72. The minimum atomic E-state index is -0.327. The third-order valence-corrected chi connectivity index (χ3v) is 5.61. The number of hydrogen-bond acceptors (Lipinski definition) is 5. The predicted molar refractivity (Wildman–Crippen MR) is 115 cm³/mol. The molecule has 2 aromatic rings. The van der Waals surface area contributed by atoms with Gasteiger partial charge in [0, 0.05) is 18.7 Å². The Morgan fingerprint density at radius 1 is 1.06 bits per heavy atom. The smallest absolute Gasteiger partial charge is 0.261 e. The summed E-state index contributed by atoms with van der Waals surface area (Å²) in [4.78, 5) is 41.3. The molecule has 2 heterocycles. The molecule has 7 nitrogen and oxygen atoms in total. The van der Waals surface area contributed by atoms with Crippen LogP contribution >= 0.6 is 0 Å². The summed E-state index contributed by atoms with van der Waals surface area (Å²) in [5.41, 5.74) is 1.05. The molecular weight excluding hydrogens is 396 g/mol. The number of rotatable bonds is 7. The number of carbonyl (C=O) groups is 3. The van der Waals surface area contributed by atoms with Gasteiger partial charge in [-0.25, -0.2) is 0 Å². The third kappa shape index (κ3) is 4.00. The van der Waals surface area contributed by atoms with Crippen molar-refractivity contribution in [1.82, 2.24) is 9.80 Å². The maximum Gasteiger partial charge on any atom is 0.261 e. The molecule has 0 spiro atoms. The Bertz CT molecular complexity index is 1020. The van der Waals surface area contributed by atoms with E-state index in [-0.39, 0.29) is 23.8 Å². The van der Waals surface area contributed by atoms with Gasteiger partial charge in [-0.05, 0) is 43.7 Å². The van der Waals surface area contributed by atoms with Gasteiger partial charge in [-0.3, -0.25) is 19.3 Å². The zero-order chi connectivity index (χ0) is 22.0. The molecule has 0 N–H and O–H groups in total. The number of unbranched alkanes of at least 4 members (excludes halogenated alkanes) is 1. The largest absolute Gasteiger partial charge is 0.486 e. The quantitative estimate of drug-likeness (QED) is 0.640. The highest BCUT2D eigenvalue weighted by molar-refractivity contribution is 6.22. The molecule has 1 atom stereocenters. The van der Waals surface area contributed by atoms with Gasteiger partial charge < -0.3 is 14.4 Å². The van der Waals surface area contributed by atoms with E-state index in [2.05, 4.69) is 0 Å². The lowest BCUT2D eigenvalue weighted by Crippen LogP contribution is -2.43. The van der Waals surface area contributed by atoms with Gasteiger partial charge in [0.25, 0.3) is 17.7 Å². The number of carbonyl (C=O) groups excluding carboxylic acids is 3. The van der Waals surface area contributed by atoms with Crippen molar-refractivity contribution < 1.29 is 23.9 Å². The Kier molecular flexibility index (Phi) is 5.93. The van der Waals surface area contributed by atoms with Gasteiger partial charge in [0.1, 0.15) is 6.61 Å². The maximum absolute atomic E-state index is 13.2. The minimum Gasteiger partial charge on any atom is -0.486 e. The number of nitrogens with zero attached hydrogens (tertiary/aromatic N) is 2. The van der Waals surface area contributed by atoms with Gasteiger partial charge in [0.05, 0.1) is 17.7 Å². The minimum absolute atomic E-state index is 0.208. The van der Waals surface area contributed by atoms with Crippen molar-refractivity contribution in [3.8, 4) is 11.5 Å².